The summed E-state index contributed by atoms with van der Waals surface area (Å²) in [5, 5.41) is 15.9. The summed E-state index contributed by atoms with van der Waals surface area (Å²) in [6.07, 6.45) is 1.46. The molecule has 2 rings (SSSR count). The van der Waals surface area contributed by atoms with Crippen molar-refractivity contribution in [1.29, 1.82) is 0 Å². The Balaban J connectivity index is 2.10. The molecule has 1 saturated heterocycles. The molecule has 1 aliphatic heterocycles. The Morgan fingerprint density at radius 2 is 2.47 bits per heavy atom. The van der Waals surface area contributed by atoms with E-state index >= 15 is 0 Å². The summed E-state index contributed by atoms with van der Waals surface area (Å²) in [5.74, 6) is 0.0220. The third kappa shape index (κ3) is 2.62. The fraction of sp³-hybridized carbons (Fsp3) is 0.700. The monoisotopic (exact) mass is 239 g/mol. The minimum Gasteiger partial charge on any atom is -0.391 e. The number of aliphatic hydroxyl groups excluding tert-OH is 1. The van der Waals surface area contributed by atoms with Crippen molar-refractivity contribution in [3.05, 3.63) is 12.2 Å². The van der Waals surface area contributed by atoms with E-state index in [1.165, 1.54) is 6.33 Å². The summed E-state index contributed by atoms with van der Waals surface area (Å²) in [6, 6.07) is 0.0256. The number of rotatable bonds is 3. The van der Waals surface area contributed by atoms with Crippen molar-refractivity contribution in [3.63, 3.8) is 0 Å². The molecule has 0 radical (unpaired) electrons. The van der Waals surface area contributed by atoms with Crippen molar-refractivity contribution in [2.75, 3.05) is 27.2 Å². The number of likely N-dealkylation sites (tertiary alicyclic amines) is 1. The quantitative estimate of drug-likeness (QED) is 0.702. The van der Waals surface area contributed by atoms with Crippen molar-refractivity contribution in [2.45, 2.75) is 18.6 Å². The van der Waals surface area contributed by atoms with E-state index in [1.807, 2.05) is 19.0 Å². The average Bonchev–Trinajstić information content (AvgIpc) is 2.85. The number of hydrogen-bond acceptors (Lipinski definition) is 5. The number of aliphatic hydroxyl groups is 1. The van der Waals surface area contributed by atoms with Gasteiger partial charge in [0.15, 0.2) is 0 Å². The molecule has 0 spiro atoms. The molecule has 94 valence electrons. The number of hydrogen-bond donors (Lipinski definition) is 2. The van der Waals surface area contributed by atoms with Gasteiger partial charge in [0, 0.05) is 19.1 Å². The van der Waals surface area contributed by atoms with Crippen molar-refractivity contribution < 1.29 is 9.90 Å². The highest BCUT2D eigenvalue weighted by Crippen LogP contribution is 2.19. The fourth-order valence-electron chi connectivity index (χ4n) is 2.18. The second kappa shape index (κ2) is 4.80. The van der Waals surface area contributed by atoms with Crippen LogP contribution in [0.5, 0.6) is 0 Å². The van der Waals surface area contributed by atoms with Crippen LogP contribution in [0.15, 0.2) is 6.33 Å². The maximum absolute atomic E-state index is 12.1. The molecule has 1 amide bonds. The van der Waals surface area contributed by atoms with Crippen LogP contribution in [0.4, 0.5) is 0 Å². The molecule has 2 heterocycles. The Kier molecular flexibility index (Phi) is 3.39. The van der Waals surface area contributed by atoms with E-state index in [2.05, 4.69) is 15.2 Å². The van der Waals surface area contributed by atoms with Crippen LogP contribution in [0.25, 0.3) is 0 Å². The SMILES string of the molecule is CN(C)CC1CC(O)CN1C(=O)c1ncn[nH]1. The summed E-state index contributed by atoms with van der Waals surface area (Å²) < 4.78 is 0. The highest BCUT2D eigenvalue weighted by molar-refractivity contribution is 5.90. The average molecular weight is 239 g/mol. The van der Waals surface area contributed by atoms with Crippen LogP contribution in [0.2, 0.25) is 0 Å². The van der Waals surface area contributed by atoms with Crippen molar-refractivity contribution in [1.82, 2.24) is 25.0 Å². The van der Waals surface area contributed by atoms with E-state index in [-0.39, 0.29) is 17.8 Å². The predicted octanol–water partition coefficient (Wildman–Crippen LogP) is -1.06. The fourth-order valence-corrected chi connectivity index (χ4v) is 2.18. The number of likely N-dealkylation sites (N-methyl/N-ethyl adjacent to an activating group) is 1. The molecule has 2 unspecified atom stereocenters. The van der Waals surface area contributed by atoms with Gasteiger partial charge in [-0.3, -0.25) is 9.89 Å². The minimum absolute atomic E-state index is 0.0256. The number of carbonyl (C=O) groups is 1. The Labute approximate surface area is 99.4 Å². The smallest absolute Gasteiger partial charge is 0.291 e. The van der Waals surface area contributed by atoms with Gasteiger partial charge in [0.25, 0.3) is 5.91 Å². The van der Waals surface area contributed by atoms with E-state index < -0.39 is 6.10 Å². The topological polar surface area (TPSA) is 85.3 Å². The van der Waals surface area contributed by atoms with Gasteiger partial charge in [0.1, 0.15) is 6.33 Å². The van der Waals surface area contributed by atoms with Gasteiger partial charge in [-0.1, -0.05) is 0 Å². The molecule has 7 heteroatoms. The van der Waals surface area contributed by atoms with E-state index in [9.17, 15) is 9.90 Å². The summed E-state index contributed by atoms with van der Waals surface area (Å²) in [6.45, 7) is 1.09. The Morgan fingerprint density at radius 1 is 1.71 bits per heavy atom. The molecule has 1 aliphatic rings. The van der Waals surface area contributed by atoms with Crippen LogP contribution in [0, 0.1) is 0 Å². The van der Waals surface area contributed by atoms with Crippen molar-refractivity contribution in [3.8, 4) is 0 Å². The number of aromatic amines is 1. The van der Waals surface area contributed by atoms with Gasteiger partial charge in [-0.2, -0.15) is 5.10 Å². The number of amides is 1. The van der Waals surface area contributed by atoms with Crippen LogP contribution < -0.4 is 0 Å². The molecule has 1 aromatic rings. The molecule has 2 N–H and O–H groups in total. The first-order valence-electron chi connectivity index (χ1n) is 5.57. The molecular formula is C10H17N5O2. The lowest BCUT2D eigenvalue weighted by Gasteiger charge is -2.25. The third-order valence-corrected chi connectivity index (χ3v) is 2.85. The molecule has 1 fully saturated rings. The van der Waals surface area contributed by atoms with Gasteiger partial charge in [0.05, 0.1) is 6.10 Å². The Morgan fingerprint density at radius 3 is 3.06 bits per heavy atom. The molecule has 7 nitrogen and oxygen atoms in total. The predicted molar refractivity (Wildman–Crippen MR) is 60.4 cm³/mol. The number of β-amino-alcohol motifs (C(OH)–C–C–N with tert-alkyl or cyclic N) is 1. The zero-order valence-electron chi connectivity index (χ0n) is 10.00. The highest BCUT2D eigenvalue weighted by atomic mass is 16.3. The van der Waals surface area contributed by atoms with Crippen molar-refractivity contribution in [2.24, 2.45) is 0 Å². The highest BCUT2D eigenvalue weighted by Gasteiger charge is 2.35. The number of aromatic nitrogens is 3. The second-order valence-corrected chi connectivity index (χ2v) is 4.60. The molecule has 0 aliphatic carbocycles. The maximum Gasteiger partial charge on any atom is 0.291 e. The van der Waals surface area contributed by atoms with Crippen LogP contribution in [-0.2, 0) is 0 Å². The van der Waals surface area contributed by atoms with Crippen LogP contribution >= 0.6 is 0 Å². The lowest BCUT2D eigenvalue weighted by atomic mass is 10.2. The summed E-state index contributed by atoms with van der Waals surface area (Å²) >= 11 is 0. The van der Waals surface area contributed by atoms with E-state index in [0.717, 1.165) is 6.54 Å². The molecule has 2 atom stereocenters. The largest absolute Gasteiger partial charge is 0.391 e. The first-order valence-corrected chi connectivity index (χ1v) is 5.57. The number of nitrogens with one attached hydrogen (secondary N) is 1. The first kappa shape index (κ1) is 12.0. The summed E-state index contributed by atoms with van der Waals surface area (Å²) in [4.78, 5) is 19.6. The lowest BCUT2D eigenvalue weighted by molar-refractivity contribution is 0.0687. The van der Waals surface area contributed by atoms with Gasteiger partial charge >= 0.3 is 0 Å². The minimum atomic E-state index is -0.452. The van der Waals surface area contributed by atoms with Crippen LogP contribution in [0.1, 0.15) is 17.0 Å². The van der Waals surface area contributed by atoms with E-state index in [4.69, 9.17) is 0 Å². The summed E-state index contributed by atoms with van der Waals surface area (Å²) in [7, 11) is 3.89. The maximum atomic E-state index is 12.1. The van der Waals surface area contributed by atoms with Gasteiger partial charge < -0.3 is 14.9 Å². The molecular weight excluding hydrogens is 222 g/mol. The van der Waals surface area contributed by atoms with Crippen LogP contribution in [0.3, 0.4) is 0 Å². The lowest BCUT2D eigenvalue weighted by Crippen LogP contribution is -2.41. The molecule has 17 heavy (non-hydrogen) atoms. The zero-order valence-corrected chi connectivity index (χ0v) is 10.00. The van der Waals surface area contributed by atoms with E-state index in [1.54, 1.807) is 4.90 Å². The molecule has 0 aromatic carbocycles. The zero-order chi connectivity index (χ0) is 12.4. The number of H-pyrrole nitrogens is 1. The van der Waals surface area contributed by atoms with Gasteiger partial charge in [-0.25, -0.2) is 4.98 Å². The number of nitrogens with zero attached hydrogens (tertiary/aromatic N) is 4. The normalized spacial score (nSPS) is 24.6. The molecule has 1 aromatic heterocycles. The standard InChI is InChI=1S/C10H17N5O2/c1-14(2)4-7-3-8(16)5-15(7)10(17)9-11-6-12-13-9/h6-8,16H,3-5H2,1-2H3,(H,11,12,13). The molecule has 0 bridgehead atoms. The van der Waals surface area contributed by atoms with Gasteiger partial charge in [-0.15, -0.1) is 0 Å². The van der Waals surface area contributed by atoms with E-state index in [0.29, 0.717) is 13.0 Å². The second-order valence-electron chi connectivity index (χ2n) is 4.60. The Bertz CT molecular complexity index is 378. The first-order chi connectivity index (χ1) is 8.08. The van der Waals surface area contributed by atoms with Crippen molar-refractivity contribution >= 4 is 5.91 Å². The summed E-state index contributed by atoms with van der Waals surface area (Å²) in [5.41, 5.74) is 0. The number of carbonyl (C=O) groups excluding carboxylic acids is 1. The molecule has 0 saturated carbocycles. The van der Waals surface area contributed by atoms with Gasteiger partial charge in [0.2, 0.25) is 5.82 Å². The van der Waals surface area contributed by atoms with Crippen LogP contribution in [-0.4, -0.2) is 75.3 Å². The third-order valence-electron chi connectivity index (χ3n) is 2.85. The Hall–Kier alpha value is -1.47. The van der Waals surface area contributed by atoms with Gasteiger partial charge in [-0.05, 0) is 20.5 Å².